The molecule has 33 heavy (non-hydrogen) atoms. The topological polar surface area (TPSA) is 93.5 Å². The Kier molecular flexibility index (Phi) is 8.49. The Balaban J connectivity index is 0.000000383. The van der Waals surface area contributed by atoms with Crippen LogP contribution in [0.2, 0.25) is 0 Å². The van der Waals surface area contributed by atoms with Crippen molar-refractivity contribution in [1.82, 2.24) is 15.1 Å². The first-order chi connectivity index (χ1) is 15.7. The minimum absolute atomic E-state index is 0.136. The van der Waals surface area contributed by atoms with Crippen molar-refractivity contribution in [3.8, 4) is 0 Å². The molecule has 10 heteroatoms. The van der Waals surface area contributed by atoms with Gasteiger partial charge in [0.2, 0.25) is 5.91 Å². The standard InChI is InChI=1S/C21H27N3O2.C2HF3O2/c25-20(12-16-6-4-5-7-16)22-13-19-21-18(10-11-26-19)15-24(23-21)14-17-8-2-1-3-9-17;3-2(4,5)1(6)7/h1-3,8-9,15-16,19H,4-7,10-14H2,(H,22,25);(H,6,7). The van der Waals surface area contributed by atoms with Crippen LogP contribution in [-0.4, -0.2) is 46.1 Å². The van der Waals surface area contributed by atoms with Crippen LogP contribution in [0.15, 0.2) is 36.5 Å². The van der Waals surface area contributed by atoms with Crippen LogP contribution in [0.5, 0.6) is 0 Å². The molecule has 0 bridgehead atoms. The summed E-state index contributed by atoms with van der Waals surface area (Å²) in [7, 11) is 0. The number of carboxylic acids is 1. The van der Waals surface area contributed by atoms with Crippen molar-refractivity contribution in [1.29, 1.82) is 0 Å². The number of hydrogen-bond acceptors (Lipinski definition) is 4. The van der Waals surface area contributed by atoms with Gasteiger partial charge in [-0.2, -0.15) is 18.3 Å². The van der Waals surface area contributed by atoms with Gasteiger partial charge < -0.3 is 15.2 Å². The zero-order chi connectivity index (χ0) is 23.8. The zero-order valence-corrected chi connectivity index (χ0v) is 18.2. The van der Waals surface area contributed by atoms with Crippen LogP contribution in [0.3, 0.4) is 0 Å². The molecule has 1 aliphatic heterocycles. The van der Waals surface area contributed by atoms with Crippen molar-refractivity contribution < 1.29 is 32.6 Å². The molecule has 1 saturated carbocycles. The number of benzene rings is 1. The predicted molar refractivity (Wildman–Crippen MR) is 113 cm³/mol. The third-order valence-corrected chi connectivity index (χ3v) is 5.73. The second kappa shape index (κ2) is 11.3. The van der Waals surface area contributed by atoms with Crippen molar-refractivity contribution in [3.05, 3.63) is 53.3 Å². The summed E-state index contributed by atoms with van der Waals surface area (Å²) in [6, 6.07) is 10.3. The van der Waals surface area contributed by atoms with Crippen LogP contribution in [0.4, 0.5) is 13.2 Å². The van der Waals surface area contributed by atoms with Crippen LogP contribution in [0, 0.1) is 5.92 Å². The van der Waals surface area contributed by atoms with E-state index in [-0.39, 0.29) is 12.0 Å². The van der Waals surface area contributed by atoms with Crippen molar-refractivity contribution in [2.45, 2.75) is 57.3 Å². The highest BCUT2D eigenvalue weighted by Gasteiger charge is 2.38. The van der Waals surface area contributed by atoms with E-state index in [1.54, 1.807) is 0 Å². The number of nitrogens with one attached hydrogen (secondary N) is 1. The van der Waals surface area contributed by atoms with E-state index in [1.807, 2.05) is 22.9 Å². The van der Waals surface area contributed by atoms with Gasteiger partial charge in [0.1, 0.15) is 6.10 Å². The Bertz CT molecular complexity index is 925. The molecule has 2 aromatic rings. The fourth-order valence-corrected chi connectivity index (χ4v) is 4.09. The van der Waals surface area contributed by atoms with Gasteiger partial charge in [0.05, 0.1) is 18.8 Å². The van der Waals surface area contributed by atoms with Crippen molar-refractivity contribution in [2.24, 2.45) is 5.92 Å². The number of halogens is 3. The van der Waals surface area contributed by atoms with E-state index in [1.165, 1.54) is 36.8 Å². The molecule has 2 aliphatic rings. The number of carbonyl (C=O) groups excluding carboxylic acids is 1. The molecule has 2 N–H and O–H groups in total. The molecule has 4 rings (SSSR count). The summed E-state index contributed by atoms with van der Waals surface area (Å²) < 4.78 is 39.6. The first kappa shape index (κ1) is 24.8. The summed E-state index contributed by atoms with van der Waals surface area (Å²) in [5, 5.41) is 14.9. The van der Waals surface area contributed by atoms with Crippen LogP contribution >= 0.6 is 0 Å². The highest BCUT2D eigenvalue weighted by Crippen LogP contribution is 2.28. The number of aliphatic carboxylic acids is 1. The van der Waals surface area contributed by atoms with E-state index in [2.05, 4.69) is 23.6 Å². The van der Waals surface area contributed by atoms with E-state index in [4.69, 9.17) is 19.7 Å². The van der Waals surface area contributed by atoms with Crippen molar-refractivity contribution >= 4 is 11.9 Å². The molecule has 1 aromatic heterocycles. The largest absolute Gasteiger partial charge is 0.490 e. The third-order valence-electron chi connectivity index (χ3n) is 5.73. The number of nitrogens with zero attached hydrogens (tertiary/aromatic N) is 2. The summed E-state index contributed by atoms with van der Waals surface area (Å²) in [4.78, 5) is 21.1. The Labute approximate surface area is 189 Å². The van der Waals surface area contributed by atoms with E-state index in [9.17, 15) is 18.0 Å². The molecule has 0 radical (unpaired) electrons. The molecule has 0 spiro atoms. The minimum Gasteiger partial charge on any atom is -0.475 e. The fourth-order valence-electron chi connectivity index (χ4n) is 4.09. The Morgan fingerprint density at radius 1 is 1.18 bits per heavy atom. The maximum atomic E-state index is 12.2. The molecule has 7 nitrogen and oxygen atoms in total. The number of amides is 1. The van der Waals surface area contributed by atoms with Gasteiger partial charge in [-0.05, 0) is 36.3 Å². The lowest BCUT2D eigenvalue weighted by atomic mass is 10.0. The molecular formula is C23H28F3N3O4. The number of ether oxygens (including phenoxy) is 1. The smallest absolute Gasteiger partial charge is 0.475 e. The summed E-state index contributed by atoms with van der Waals surface area (Å²) in [5.74, 6) is -2.04. The van der Waals surface area contributed by atoms with Gasteiger partial charge in [0.25, 0.3) is 0 Å². The summed E-state index contributed by atoms with van der Waals surface area (Å²) in [6.45, 7) is 1.96. The van der Waals surface area contributed by atoms with Gasteiger partial charge in [-0.1, -0.05) is 43.2 Å². The van der Waals surface area contributed by atoms with Crippen molar-refractivity contribution in [3.63, 3.8) is 0 Å². The van der Waals surface area contributed by atoms with E-state index in [0.717, 1.165) is 18.7 Å². The highest BCUT2D eigenvalue weighted by atomic mass is 19.4. The number of carboxylic acid groups (broad SMARTS) is 1. The maximum Gasteiger partial charge on any atom is 0.490 e. The molecule has 180 valence electrons. The number of rotatable bonds is 6. The number of hydrogen-bond donors (Lipinski definition) is 2. The number of carbonyl (C=O) groups is 2. The lowest BCUT2D eigenvalue weighted by Crippen LogP contribution is -2.32. The van der Waals surface area contributed by atoms with E-state index < -0.39 is 12.1 Å². The SMILES string of the molecule is O=C(CC1CCCC1)NCC1OCCc2cn(Cc3ccccc3)nc21.O=C(O)C(F)(F)F. The third kappa shape index (κ3) is 7.59. The molecule has 1 aliphatic carbocycles. The van der Waals surface area contributed by atoms with Crippen LogP contribution in [0.1, 0.15) is 55.0 Å². The first-order valence-electron chi connectivity index (χ1n) is 11.0. The average Bonchev–Trinajstić information content (AvgIpc) is 3.42. The van der Waals surface area contributed by atoms with E-state index >= 15 is 0 Å². The normalized spacial score (nSPS) is 18.2. The van der Waals surface area contributed by atoms with Crippen LogP contribution < -0.4 is 5.32 Å². The molecule has 1 unspecified atom stereocenters. The monoisotopic (exact) mass is 467 g/mol. The number of fused-ring (bicyclic) bond motifs is 1. The zero-order valence-electron chi connectivity index (χ0n) is 18.2. The van der Waals surface area contributed by atoms with Gasteiger partial charge in [-0.25, -0.2) is 4.79 Å². The lowest BCUT2D eigenvalue weighted by molar-refractivity contribution is -0.192. The first-order valence-corrected chi connectivity index (χ1v) is 11.0. The van der Waals surface area contributed by atoms with Crippen LogP contribution in [-0.2, 0) is 27.3 Å². The molecule has 1 atom stereocenters. The highest BCUT2D eigenvalue weighted by molar-refractivity contribution is 5.76. The maximum absolute atomic E-state index is 12.2. The van der Waals surface area contributed by atoms with Gasteiger partial charge >= 0.3 is 12.1 Å². The van der Waals surface area contributed by atoms with Gasteiger partial charge in [-0.3, -0.25) is 9.48 Å². The Morgan fingerprint density at radius 3 is 2.48 bits per heavy atom. The number of aromatic nitrogens is 2. The van der Waals surface area contributed by atoms with Gasteiger partial charge in [0, 0.05) is 19.2 Å². The van der Waals surface area contributed by atoms with Crippen LogP contribution in [0.25, 0.3) is 0 Å². The molecule has 1 amide bonds. The minimum atomic E-state index is -5.08. The lowest BCUT2D eigenvalue weighted by Gasteiger charge is -2.22. The average molecular weight is 467 g/mol. The molecule has 1 aromatic carbocycles. The quantitative estimate of drug-likeness (QED) is 0.673. The fraction of sp³-hybridized carbons (Fsp3) is 0.522. The molecular weight excluding hydrogens is 439 g/mol. The second-order valence-corrected chi connectivity index (χ2v) is 8.29. The predicted octanol–water partition coefficient (Wildman–Crippen LogP) is 3.88. The Hall–Kier alpha value is -2.88. The summed E-state index contributed by atoms with van der Waals surface area (Å²) in [6.07, 6.45) is 3.38. The van der Waals surface area contributed by atoms with Crippen molar-refractivity contribution in [2.75, 3.05) is 13.2 Å². The Morgan fingerprint density at radius 2 is 1.85 bits per heavy atom. The molecule has 1 fully saturated rings. The second-order valence-electron chi connectivity index (χ2n) is 8.29. The van der Waals surface area contributed by atoms with E-state index in [0.29, 0.717) is 25.5 Å². The summed E-state index contributed by atoms with van der Waals surface area (Å²) >= 11 is 0. The van der Waals surface area contributed by atoms with Gasteiger partial charge in [0.15, 0.2) is 0 Å². The summed E-state index contributed by atoms with van der Waals surface area (Å²) in [5.41, 5.74) is 3.45. The number of alkyl halides is 3. The molecule has 2 heterocycles. The molecule has 0 saturated heterocycles. The van der Waals surface area contributed by atoms with Gasteiger partial charge in [-0.15, -0.1) is 0 Å².